The zero-order valence-electron chi connectivity index (χ0n) is 10.0. The Kier molecular flexibility index (Phi) is 4.48. The third-order valence-electron chi connectivity index (χ3n) is 2.35. The highest BCUT2D eigenvalue weighted by Gasteiger charge is 2.23. The number of hydrogen-bond acceptors (Lipinski definition) is 6. The van der Waals surface area contributed by atoms with Gasteiger partial charge in [0, 0.05) is 17.7 Å². The summed E-state index contributed by atoms with van der Waals surface area (Å²) in [5.41, 5.74) is -0.318. The van der Waals surface area contributed by atoms with E-state index >= 15 is 0 Å². The Morgan fingerprint density at radius 2 is 2.19 bits per heavy atom. The predicted octanol–water partition coefficient (Wildman–Crippen LogP) is 2.69. The maximum Gasteiger partial charge on any atom is 0.387 e. The fraction of sp³-hybridized carbons (Fsp3) is 0.0909. The van der Waals surface area contributed by atoms with E-state index in [0.717, 1.165) is 30.0 Å². The van der Waals surface area contributed by atoms with E-state index in [1.807, 2.05) is 0 Å². The van der Waals surface area contributed by atoms with Crippen LogP contribution in [0.5, 0.6) is 5.75 Å². The van der Waals surface area contributed by atoms with Gasteiger partial charge in [0.1, 0.15) is 10.1 Å². The lowest BCUT2D eigenvalue weighted by Crippen LogP contribution is -2.17. The number of thioether (sulfide) groups is 1. The van der Waals surface area contributed by atoms with Gasteiger partial charge in [-0.05, 0) is 12.1 Å². The van der Waals surface area contributed by atoms with Gasteiger partial charge in [0.2, 0.25) is 0 Å². The average Bonchev–Trinajstić information content (AvgIpc) is 2.69. The van der Waals surface area contributed by atoms with Crippen LogP contribution < -0.4 is 10.1 Å². The molecule has 110 valence electrons. The first-order chi connectivity index (χ1) is 9.86. The van der Waals surface area contributed by atoms with Crippen LogP contribution in [0, 0.1) is 10.1 Å². The molecule has 1 amide bonds. The van der Waals surface area contributed by atoms with E-state index in [-0.39, 0.29) is 26.2 Å². The van der Waals surface area contributed by atoms with Crippen molar-refractivity contribution in [1.82, 2.24) is 5.32 Å². The van der Waals surface area contributed by atoms with Gasteiger partial charge in [-0.25, -0.2) is 0 Å². The Hall–Kier alpha value is -2.07. The number of rotatable bonds is 4. The Morgan fingerprint density at radius 3 is 2.71 bits per heavy atom. The zero-order valence-corrected chi connectivity index (χ0v) is 11.7. The molecule has 21 heavy (non-hydrogen) atoms. The van der Waals surface area contributed by atoms with Gasteiger partial charge in [-0.2, -0.15) is 8.78 Å². The van der Waals surface area contributed by atoms with Gasteiger partial charge in [0.15, 0.2) is 0 Å². The molecule has 1 aliphatic heterocycles. The van der Waals surface area contributed by atoms with Crippen LogP contribution in [0.2, 0.25) is 0 Å². The first-order valence-corrected chi connectivity index (χ1v) is 6.57. The lowest BCUT2D eigenvalue weighted by molar-refractivity contribution is -0.384. The Labute approximate surface area is 126 Å². The molecule has 0 bridgehead atoms. The SMILES string of the molecule is O=C1NC(=S)S/C1=C\c1cc([N+](=O)[O-])ccc1OC(F)F. The van der Waals surface area contributed by atoms with Crippen molar-refractivity contribution in [1.29, 1.82) is 0 Å². The molecule has 1 aromatic carbocycles. The quantitative estimate of drug-likeness (QED) is 0.395. The highest BCUT2D eigenvalue weighted by molar-refractivity contribution is 8.26. The summed E-state index contributed by atoms with van der Waals surface area (Å²) in [6.07, 6.45) is 1.21. The van der Waals surface area contributed by atoms with Crippen LogP contribution in [-0.4, -0.2) is 21.8 Å². The summed E-state index contributed by atoms with van der Waals surface area (Å²) >= 11 is 5.72. The van der Waals surface area contributed by atoms with Crippen LogP contribution in [0.1, 0.15) is 5.56 Å². The number of carbonyl (C=O) groups excluding carboxylic acids is 1. The van der Waals surface area contributed by atoms with Crippen molar-refractivity contribution in [3.63, 3.8) is 0 Å². The largest absolute Gasteiger partial charge is 0.434 e. The molecule has 1 aliphatic rings. The fourth-order valence-electron chi connectivity index (χ4n) is 1.53. The van der Waals surface area contributed by atoms with Gasteiger partial charge in [0.05, 0.1) is 9.83 Å². The van der Waals surface area contributed by atoms with Crippen LogP contribution in [0.25, 0.3) is 6.08 Å². The fourth-order valence-corrected chi connectivity index (χ4v) is 2.56. The molecule has 1 saturated heterocycles. The lowest BCUT2D eigenvalue weighted by Gasteiger charge is -2.08. The van der Waals surface area contributed by atoms with Gasteiger partial charge in [0.25, 0.3) is 11.6 Å². The summed E-state index contributed by atoms with van der Waals surface area (Å²) in [4.78, 5) is 21.7. The molecule has 1 fully saturated rings. The summed E-state index contributed by atoms with van der Waals surface area (Å²) in [6, 6.07) is 3.12. The van der Waals surface area contributed by atoms with Crippen LogP contribution in [0.3, 0.4) is 0 Å². The lowest BCUT2D eigenvalue weighted by atomic mass is 10.1. The second kappa shape index (κ2) is 6.14. The predicted molar refractivity (Wildman–Crippen MR) is 76.0 cm³/mol. The molecular weight excluding hydrogens is 326 g/mol. The van der Waals surface area contributed by atoms with Crippen LogP contribution in [-0.2, 0) is 4.79 Å². The van der Waals surface area contributed by atoms with Crippen LogP contribution in [0.4, 0.5) is 14.5 Å². The molecule has 10 heteroatoms. The molecule has 0 aliphatic carbocycles. The molecule has 0 atom stereocenters. The normalized spacial score (nSPS) is 16.4. The minimum atomic E-state index is -3.09. The van der Waals surface area contributed by atoms with E-state index in [9.17, 15) is 23.7 Å². The summed E-state index contributed by atoms with van der Waals surface area (Å²) in [5, 5.41) is 13.1. The second-order valence-electron chi connectivity index (χ2n) is 3.71. The highest BCUT2D eigenvalue weighted by Crippen LogP contribution is 2.32. The van der Waals surface area contributed by atoms with Crippen molar-refractivity contribution in [2.75, 3.05) is 0 Å². The van der Waals surface area contributed by atoms with E-state index in [4.69, 9.17) is 12.2 Å². The summed E-state index contributed by atoms with van der Waals surface area (Å²) in [7, 11) is 0. The number of benzene rings is 1. The molecule has 1 N–H and O–H groups in total. The number of ether oxygens (including phenoxy) is 1. The number of thiocarbonyl (C=S) groups is 1. The molecule has 0 radical (unpaired) electrons. The highest BCUT2D eigenvalue weighted by atomic mass is 32.2. The number of nitro groups is 1. The Bertz CT molecular complexity index is 664. The number of non-ortho nitro benzene ring substituents is 1. The molecule has 1 heterocycles. The number of amides is 1. The van der Waals surface area contributed by atoms with Gasteiger partial charge < -0.3 is 10.1 Å². The summed E-state index contributed by atoms with van der Waals surface area (Å²) in [5.74, 6) is -0.770. The molecule has 0 saturated carbocycles. The van der Waals surface area contributed by atoms with Crippen molar-refractivity contribution >= 4 is 46.0 Å². The minimum absolute atomic E-state index is 0.00755. The van der Waals surface area contributed by atoms with Crippen molar-refractivity contribution in [2.45, 2.75) is 6.61 Å². The van der Waals surface area contributed by atoms with Gasteiger partial charge in [-0.15, -0.1) is 0 Å². The summed E-state index contributed by atoms with van der Waals surface area (Å²) < 4.78 is 29.2. The third kappa shape index (κ3) is 3.73. The number of nitrogens with zero attached hydrogens (tertiary/aromatic N) is 1. The van der Waals surface area contributed by atoms with Crippen LogP contribution in [0.15, 0.2) is 23.1 Å². The monoisotopic (exact) mass is 332 g/mol. The van der Waals surface area contributed by atoms with Crippen molar-refractivity contribution in [2.24, 2.45) is 0 Å². The molecule has 0 unspecified atom stereocenters. The van der Waals surface area contributed by atoms with Gasteiger partial charge >= 0.3 is 6.61 Å². The van der Waals surface area contributed by atoms with Crippen LogP contribution >= 0.6 is 24.0 Å². The number of halogens is 2. The average molecular weight is 332 g/mol. The standard InChI is InChI=1S/C11H6F2N2O4S2/c12-10(13)19-7-2-1-6(15(17)18)3-5(7)4-8-9(16)14-11(20)21-8/h1-4,10H,(H,14,16,20)/b8-4-. The summed E-state index contributed by atoms with van der Waals surface area (Å²) in [6.45, 7) is -3.09. The van der Waals surface area contributed by atoms with Crippen molar-refractivity contribution in [3.8, 4) is 5.75 Å². The van der Waals surface area contributed by atoms with E-state index in [1.54, 1.807) is 0 Å². The number of hydrogen-bond donors (Lipinski definition) is 1. The molecule has 6 nitrogen and oxygen atoms in total. The van der Waals surface area contributed by atoms with Crippen molar-refractivity contribution in [3.05, 3.63) is 38.8 Å². The Balaban J connectivity index is 2.45. The van der Waals surface area contributed by atoms with Gasteiger partial charge in [-0.3, -0.25) is 14.9 Å². The first kappa shape index (κ1) is 15.3. The molecule has 2 rings (SSSR count). The molecule has 1 aromatic rings. The molecular formula is C11H6F2N2O4S2. The molecule has 0 aromatic heterocycles. The van der Waals surface area contributed by atoms with E-state index in [2.05, 4.69) is 10.1 Å². The number of nitro benzene ring substituents is 1. The maximum absolute atomic E-state index is 12.3. The third-order valence-corrected chi connectivity index (χ3v) is 3.51. The smallest absolute Gasteiger partial charge is 0.387 e. The van der Waals surface area contributed by atoms with E-state index in [1.165, 1.54) is 6.08 Å². The Morgan fingerprint density at radius 1 is 1.48 bits per heavy atom. The van der Waals surface area contributed by atoms with Gasteiger partial charge in [-0.1, -0.05) is 24.0 Å². The minimum Gasteiger partial charge on any atom is -0.434 e. The zero-order chi connectivity index (χ0) is 15.6. The first-order valence-electron chi connectivity index (χ1n) is 5.35. The molecule has 0 spiro atoms. The topological polar surface area (TPSA) is 81.5 Å². The second-order valence-corrected chi connectivity index (χ2v) is 5.43. The number of alkyl halides is 2. The number of carbonyl (C=O) groups is 1. The maximum atomic E-state index is 12.3. The number of nitrogens with one attached hydrogen (secondary N) is 1. The van der Waals surface area contributed by atoms with Crippen molar-refractivity contribution < 1.29 is 23.2 Å². The van der Waals surface area contributed by atoms with E-state index < -0.39 is 17.4 Å². The van der Waals surface area contributed by atoms with E-state index in [0.29, 0.717) is 0 Å².